The normalized spacial score (nSPS) is 33.5. The lowest BCUT2D eigenvalue weighted by atomic mass is 9.54. The van der Waals surface area contributed by atoms with Gasteiger partial charge in [0.1, 0.15) is 29.6 Å². The first-order valence-electron chi connectivity index (χ1n) is 10.9. The van der Waals surface area contributed by atoms with Crippen molar-refractivity contribution < 1.29 is 39.7 Å². The highest BCUT2D eigenvalue weighted by Crippen LogP contribution is 2.52. The van der Waals surface area contributed by atoms with Crippen molar-refractivity contribution in [1.82, 2.24) is 0 Å². The van der Waals surface area contributed by atoms with Crippen LogP contribution in [0.5, 0.6) is 5.75 Å². The maximum absolute atomic E-state index is 13.7. The Hall–Kier alpha value is -2.95. The van der Waals surface area contributed by atoms with Crippen molar-refractivity contribution in [3.05, 3.63) is 28.8 Å². The molecule has 1 aromatic rings. The fourth-order valence-corrected chi connectivity index (χ4v) is 6.12. The van der Waals surface area contributed by atoms with E-state index in [9.17, 15) is 34.8 Å². The largest absolute Gasteiger partial charge is 0.507 e. The zero-order valence-electron chi connectivity index (χ0n) is 19.0. The monoisotopic (exact) mass is 460 g/mol. The molecule has 3 aliphatic carbocycles. The van der Waals surface area contributed by atoms with Gasteiger partial charge in [0, 0.05) is 25.4 Å². The first-order valence-corrected chi connectivity index (χ1v) is 10.9. The van der Waals surface area contributed by atoms with Crippen LogP contribution in [0.3, 0.4) is 0 Å². The predicted octanol–water partition coefficient (Wildman–Crippen LogP) is -2.22. The van der Waals surface area contributed by atoms with Gasteiger partial charge in [0.05, 0.1) is 25.6 Å². The van der Waals surface area contributed by atoms with E-state index in [1.54, 1.807) is 20.2 Å². The maximum Gasteiger partial charge on any atom is 0.231 e. The van der Waals surface area contributed by atoms with Crippen LogP contribution in [0.15, 0.2) is 17.7 Å². The van der Waals surface area contributed by atoms with E-state index in [0.29, 0.717) is 10.5 Å². The van der Waals surface area contributed by atoms with Crippen molar-refractivity contribution in [2.45, 2.75) is 30.6 Å². The first kappa shape index (κ1) is 23.2. The van der Waals surface area contributed by atoms with Crippen LogP contribution in [-0.2, 0) is 20.8 Å². The predicted molar refractivity (Wildman–Crippen MR) is 118 cm³/mol. The molecule has 0 radical (unpaired) electrons. The molecule has 0 saturated heterocycles. The molecule has 10 nitrogen and oxygen atoms in total. The van der Waals surface area contributed by atoms with Gasteiger partial charge >= 0.3 is 0 Å². The number of likely N-dealkylation sites (N-methyl/N-ethyl adjacent to an activating group) is 1. The van der Waals surface area contributed by atoms with Crippen LogP contribution in [0.2, 0.25) is 0 Å². The number of Topliss-reactive ketones (excluding diaryl/α,β-unsaturated/α-hetero) is 2. The van der Waals surface area contributed by atoms with Gasteiger partial charge in [-0.05, 0) is 36.5 Å². The number of hydrogen-bond acceptors (Lipinski definition) is 8. The molecule has 0 heterocycles. The zero-order chi connectivity index (χ0) is 24.6. The molecule has 0 aromatic heterocycles. The molecule has 3 aliphatic rings. The zero-order valence-corrected chi connectivity index (χ0v) is 19.0. The highest BCUT2D eigenvalue weighted by atomic mass is 16.3. The Morgan fingerprint density at radius 2 is 1.85 bits per heavy atom. The topological polar surface area (TPSA) is 166 Å². The summed E-state index contributed by atoms with van der Waals surface area (Å²) in [6, 6.07) is 2.30. The molecule has 0 spiro atoms. The third kappa shape index (κ3) is 3.01. The number of nitrogens with two attached hydrogens (primary N) is 1. The van der Waals surface area contributed by atoms with E-state index in [1.807, 2.05) is 19.0 Å². The summed E-state index contributed by atoms with van der Waals surface area (Å²) in [7, 11) is 7.04. The Bertz CT molecular complexity index is 1100. The lowest BCUT2D eigenvalue weighted by Gasteiger charge is -2.52. The molecule has 0 aliphatic heterocycles. The van der Waals surface area contributed by atoms with Crippen LogP contribution < -0.4 is 15.5 Å². The number of hydrogen-bond donors (Lipinski definition) is 6. The van der Waals surface area contributed by atoms with Gasteiger partial charge in [-0.2, -0.15) is 0 Å². The molecule has 0 unspecified atom stereocenters. The number of aromatic hydroxyl groups is 1. The number of anilines is 1. The molecular formula is C23H30N3O7+. The van der Waals surface area contributed by atoms with Gasteiger partial charge in [-0.15, -0.1) is 0 Å². The van der Waals surface area contributed by atoms with Crippen LogP contribution in [0, 0.1) is 17.8 Å². The number of carbonyl (C=O) groups excluding carboxylic acids is 3. The third-order valence-corrected chi connectivity index (χ3v) is 7.54. The van der Waals surface area contributed by atoms with E-state index < -0.39 is 58.7 Å². The minimum Gasteiger partial charge on any atom is -0.507 e. The summed E-state index contributed by atoms with van der Waals surface area (Å²) in [6.45, 7) is 0. The second kappa shape index (κ2) is 7.54. The van der Waals surface area contributed by atoms with Gasteiger partial charge in [-0.3, -0.25) is 14.4 Å². The Morgan fingerprint density at radius 1 is 1.21 bits per heavy atom. The number of rotatable bonds is 3. The van der Waals surface area contributed by atoms with Crippen LogP contribution in [0.25, 0.3) is 5.76 Å². The second-order valence-corrected chi connectivity index (χ2v) is 9.79. The van der Waals surface area contributed by atoms with Crippen molar-refractivity contribution in [1.29, 1.82) is 0 Å². The third-order valence-electron chi connectivity index (χ3n) is 7.54. The van der Waals surface area contributed by atoms with E-state index >= 15 is 0 Å². The summed E-state index contributed by atoms with van der Waals surface area (Å²) in [5.41, 5.74) is 4.10. The highest BCUT2D eigenvalue weighted by molar-refractivity contribution is 6.25. The number of nitrogens with zero attached hydrogens (tertiary/aromatic N) is 1. The Labute approximate surface area is 190 Å². The van der Waals surface area contributed by atoms with Gasteiger partial charge < -0.3 is 36.0 Å². The van der Waals surface area contributed by atoms with E-state index in [0.717, 1.165) is 5.69 Å². The molecular weight excluding hydrogens is 430 g/mol. The minimum absolute atomic E-state index is 0.0902. The molecule has 178 valence electrons. The number of aliphatic hydroxyl groups is 3. The van der Waals surface area contributed by atoms with E-state index in [-0.39, 0.29) is 29.7 Å². The summed E-state index contributed by atoms with van der Waals surface area (Å²) in [5.74, 6) is -7.28. The summed E-state index contributed by atoms with van der Waals surface area (Å²) < 4.78 is 0. The quantitative estimate of drug-likeness (QED) is 0.276. The molecule has 2 fully saturated rings. The Kier molecular flexibility index (Phi) is 5.31. The van der Waals surface area contributed by atoms with Crippen LogP contribution >= 0.6 is 0 Å². The summed E-state index contributed by atoms with van der Waals surface area (Å²) in [5, 5.41) is 44.0. The van der Waals surface area contributed by atoms with Crippen LogP contribution in [-0.4, -0.2) is 83.8 Å². The number of primary amides is 1. The fraction of sp³-hybridized carbons (Fsp3) is 0.522. The standard InChI is InChI=1S/C23H29N3O7/c1-25(2)12-5-6-13(27)15-10(12)7-9-8-11-17(26(3)4)19(29)16(22(24)32)21(31)23(11,33)20(30)14(9)18(15)28/h5-6,9,11,16-17,19,27-29,33H,7-8H2,1-4H3,(H2,24,32)/p+1/t9-,11-,16+,17-,19-,23-/m0/s1. The number of phenols is 1. The van der Waals surface area contributed by atoms with Gasteiger partial charge in [0.2, 0.25) is 11.7 Å². The van der Waals surface area contributed by atoms with E-state index in [2.05, 4.69) is 0 Å². The average Bonchev–Trinajstić information content (AvgIpc) is 2.70. The maximum atomic E-state index is 13.7. The number of carbonyl (C=O) groups is 3. The smallest absolute Gasteiger partial charge is 0.231 e. The van der Waals surface area contributed by atoms with Gasteiger partial charge in [-0.25, -0.2) is 0 Å². The van der Waals surface area contributed by atoms with Crippen molar-refractivity contribution >= 4 is 28.9 Å². The summed E-state index contributed by atoms with van der Waals surface area (Å²) >= 11 is 0. The van der Waals surface area contributed by atoms with E-state index in [4.69, 9.17) is 5.73 Å². The highest BCUT2D eigenvalue weighted by Gasteiger charge is 2.69. The number of amides is 1. The SMILES string of the molecule is CN(C)c1ccc(O)c2c1C[C@H]1C[C@H]3[C@H]([NH+](C)C)[C@@H](O)[C@@H](C(N)=O)C(=O)[C@@]3(O)C(=O)C1=C2O. The molecule has 4 rings (SSSR count). The van der Waals surface area contributed by atoms with Crippen LogP contribution in [0.1, 0.15) is 17.5 Å². The lowest BCUT2D eigenvalue weighted by Crippen LogP contribution is -3.14. The number of nitrogens with one attached hydrogen (secondary N) is 1. The Balaban J connectivity index is 1.94. The Morgan fingerprint density at radius 3 is 2.39 bits per heavy atom. The molecule has 0 bridgehead atoms. The van der Waals surface area contributed by atoms with Crippen molar-refractivity contribution in [3.63, 3.8) is 0 Å². The number of benzene rings is 1. The van der Waals surface area contributed by atoms with Crippen molar-refractivity contribution in [3.8, 4) is 5.75 Å². The second-order valence-electron chi connectivity index (χ2n) is 9.79. The van der Waals surface area contributed by atoms with Gasteiger partial charge in [0.15, 0.2) is 11.4 Å². The summed E-state index contributed by atoms with van der Waals surface area (Å²) in [4.78, 5) is 41.5. The molecule has 1 amide bonds. The minimum atomic E-state index is -2.62. The van der Waals surface area contributed by atoms with E-state index in [1.165, 1.54) is 6.07 Å². The summed E-state index contributed by atoms with van der Waals surface area (Å²) in [6.07, 6.45) is -1.06. The molecule has 1 aromatic carbocycles. The molecule has 33 heavy (non-hydrogen) atoms. The molecule has 6 atom stereocenters. The molecule has 10 heteroatoms. The van der Waals surface area contributed by atoms with Gasteiger partial charge in [0.25, 0.3) is 0 Å². The van der Waals surface area contributed by atoms with Crippen molar-refractivity contribution in [2.24, 2.45) is 23.5 Å². The number of quaternary nitrogens is 1. The average molecular weight is 461 g/mol. The number of ketones is 2. The number of fused-ring (bicyclic) bond motifs is 3. The number of phenolic OH excluding ortho intramolecular Hbond substituents is 1. The lowest BCUT2D eigenvalue weighted by molar-refractivity contribution is -0.896. The molecule has 2 saturated carbocycles. The molecule has 7 N–H and O–H groups in total. The number of aliphatic hydroxyl groups excluding tert-OH is 2. The first-order chi connectivity index (χ1) is 15.3. The van der Waals surface area contributed by atoms with Gasteiger partial charge in [-0.1, -0.05) is 0 Å². The fourth-order valence-electron chi connectivity index (χ4n) is 6.12. The van der Waals surface area contributed by atoms with Crippen LogP contribution in [0.4, 0.5) is 5.69 Å². The van der Waals surface area contributed by atoms with Crippen molar-refractivity contribution in [2.75, 3.05) is 33.1 Å².